The van der Waals surface area contributed by atoms with E-state index in [0.717, 1.165) is 18.5 Å². The summed E-state index contributed by atoms with van der Waals surface area (Å²) in [6.45, 7) is 0. The molecule has 0 aliphatic heterocycles. The fourth-order valence-corrected chi connectivity index (χ4v) is 2.46. The summed E-state index contributed by atoms with van der Waals surface area (Å²) in [4.78, 5) is 10.1. The molecular formula is C13H13N3O2. The second-order valence-corrected chi connectivity index (χ2v) is 4.66. The van der Waals surface area contributed by atoms with Gasteiger partial charge in [0.25, 0.3) is 5.69 Å². The van der Waals surface area contributed by atoms with Crippen molar-refractivity contribution in [3.63, 3.8) is 0 Å². The van der Waals surface area contributed by atoms with Crippen LogP contribution in [0.2, 0.25) is 0 Å². The van der Waals surface area contributed by atoms with E-state index in [4.69, 9.17) is 0 Å². The van der Waals surface area contributed by atoms with Crippen LogP contribution in [0.15, 0.2) is 41.5 Å². The third-order valence-corrected chi connectivity index (χ3v) is 3.57. The van der Waals surface area contributed by atoms with Crippen LogP contribution in [0.5, 0.6) is 0 Å². The lowest BCUT2D eigenvalue weighted by Gasteiger charge is -2.31. The molecule has 2 aliphatic carbocycles. The van der Waals surface area contributed by atoms with Gasteiger partial charge in [-0.2, -0.15) is 5.10 Å². The number of nitro groups is 1. The van der Waals surface area contributed by atoms with E-state index in [9.17, 15) is 10.1 Å². The molecule has 0 heterocycles. The van der Waals surface area contributed by atoms with Gasteiger partial charge in [-0.05, 0) is 30.9 Å². The van der Waals surface area contributed by atoms with Gasteiger partial charge in [-0.3, -0.25) is 15.5 Å². The van der Waals surface area contributed by atoms with Crippen molar-refractivity contribution in [3.05, 3.63) is 46.5 Å². The van der Waals surface area contributed by atoms with Gasteiger partial charge in [0.05, 0.1) is 10.6 Å². The first-order chi connectivity index (χ1) is 8.74. The average molecular weight is 243 g/mol. The molecule has 5 heteroatoms. The zero-order valence-corrected chi connectivity index (χ0v) is 9.74. The summed E-state index contributed by atoms with van der Waals surface area (Å²) in [5, 5.41) is 14.9. The van der Waals surface area contributed by atoms with Crippen LogP contribution < -0.4 is 5.43 Å². The zero-order chi connectivity index (χ0) is 12.5. The van der Waals surface area contributed by atoms with Crippen LogP contribution in [-0.4, -0.2) is 10.6 Å². The Morgan fingerprint density at radius 1 is 1.33 bits per heavy atom. The highest BCUT2D eigenvalue weighted by molar-refractivity contribution is 5.94. The van der Waals surface area contributed by atoms with Gasteiger partial charge in [0, 0.05) is 23.8 Å². The second-order valence-electron chi connectivity index (χ2n) is 4.66. The van der Waals surface area contributed by atoms with Gasteiger partial charge in [-0.1, -0.05) is 12.2 Å². The maximum Gasteiger partial charge on any atom is 0.269 e. The number of fused-ring (bicyclic) bond motifs is 1. The lowest BCUT2D eigenvalue weighted by Crippen LogP contribution is -2.33. The predicted octanol–water partition coefficient (Wildman–Crippen LogP) is 2.96. The van der Waals surface area contributed by atoms with Crippen molar-refractivity contribution < 1.29 is 4.92 Å². The molecule has 0 amide bonds. The van der Waals surface area contributed by atoms with Crippen molar-refractivity contribution in [2.45, 2.75) is 12.8 Å². The number of nitro benzene ring substituents is 1. The first-order valence-electron chi connectivity index (χ1n) is 5.97. The highest BCUT2D eigenvalue weighted by Gasteiger charge is 2.37. The molecule has 0 unspecified atom stereocenters. The number of anilines is 1. The summed E-state index contributed by atoms with van der Waals surface area (Å²) in [6, 6.07) is 6.29. The Labute approximate surface area is 104 Å². The van der Waals surface area contributed by atoms with E-state index >= 15 is 0 Å². The maximum absolute atomic E-state index is 10.5. The van der Waals surface area contributed by atoms with Crippen LogP contribution in [-0.2, 0) is 0 Å². The van der Waals surface area contributed by atoms with Gasteiger partial charge in [0.15, 0.2) is 0 Å². The molecule has 1 aromatic carbocycles. The molecule has 1 fully saturated rings. The Balaban J connectivity index is 1.63. The quantitative estimate of drug-likeness (QED) is 0.504. The van der Waals surface area contributed by atoms with Crippen molar-refractivity contribution in [3.8, 4) is 0 Å². The average Bonchev–Trinajstić information content (AvgIpc) is 2.72. The monoisotopic (exact) mass is 243 g/mol. The van der Waals surface area contributed by atoms with Gasteiger partial charge in [0.2, 0.25) is 0 Å². The van der Waals surface area contributed by atoms with E-state index in [2.05, 4.69) is 22.7 Å². The van der Waals surface area contributed by atoms with Crippen molar-refractivity contribution in [1.29, 1.82) is 0 Å². The number of hydrazone groups is 1. The summed E-state index contributed by atoms with van der Waals surface area (Å²) in [5.74, 6) is 1.26. The SMILES string of the molecule is O=[N+]([O-])c1ccc(N/N=C2\C[C@@H]3C=CC[C@H]23)cc1. The molecule has 5 nitrogen and oxygen atoms in total. The van der Waals surface area contributed by atoms with Crippen molar-refractivity contribution in [1.82, 2.24) is 0 Å². The Bertz CT molecular complexity index is 534. The van der Waals surface area contributed by atoms with Gasteiger partial charge in [0.1, 0.15) is 0 Å². The number of hydrogen-bond donors (Lipinski definition) is 1. The predicted molar refractivity (Wildman–Crippen MR) is 69.5 cm³/mol. The van der Waals surface area contributed by atoms with E-state index in [0.29, 0.717) is 11.8 Å². The Hall–Kier alpha value is -2.17. The molecule has 0 spiro atoms. The van der Waals surface area contributed by atoms with E-state index in [1.807, 2.05) is 0 Å². The number of nitrogens with zero attached hydrogens (tertiary/aromatic N) is 2. The molecule has 1 saturated carbocycles. The van der Waals surface area contributed by atoms with Crippen LogP contribution >= 0.6 is 0 Å². The van der Waals surface area contributed by atoms with E-state index in [1.54, 1.807) is 12.1 Å². The first kappa shape index (κ1) is 11.0. The van der Waals surface area contributed by atoms with Crippen molar-refractivity contribution in [2.24, 2.45) is 16.9 Å². The number of rotatable bonds is 3. The third kappa shape index (κ3) is 1.88. The van der Waals surface area contributed by atoms with Crippen LogP contribution in [0.4, 0.5) is 11.4 Å². The number of hydrogen-bond acceptors (Lipinski definition) is 4. The summed E-state index contributed by atoms with van der Waals surface area (Å²) in [7, 11) is 0. The Kier molecular flexibility index (Phi) is 2.59. The minimum absolute atomic E-state index is 0.0944. The van der Waals surface area contributed by atoms with E-state index in [-0.39, 0.29) is 5.69 Å². The second kappa shape index (κ2) is 4.25. The summed E-state index contributed by atoms with van der Waals surface area (Å²) >= 11 is 0. The highest BCUT2D eigenvalue weighted by Crippen LogP contribution is 2.40. The molecule has 0 saturated heterocycles. The normalized spacial score (nSPS) is 26.8. The van der Waals surface area contributed by atoms with Gasteiger partial charge >= 0.3 is 0 Å². The summed E-state index contributed by atoms with van der Waals surface area (Å²) in [6.07, 6.45) is 6.59. The van der Waals surface area contributed by atoms with E-state index < -0.39 is 4.92 Å². The van der Waals surface area contributed by atoms with Crippen LogP contribution in [0.1, 0.15) is 12.8 Å². The fraction of sp³-hybridized carbons (Fsp3) is 0.308. The smallest absolute Gasteiger partial charge is 0.269 e. The van der Waals surface area contributed by atoms with Crippen LogP contribution in [0.25, 0.3) is 0 Å². The first-order valence-corrected chi connectivity index (χ1v) is 5.97. The molecule has 92 valence electrons. The Morgan fingerprint density at radius 2 is 2.11 bits per heavy atom. The van der Waals surface area contributed by atoms with Gasteiger partial charge in [-0.15, -0.1) is 0 Å². The van der Waals surface area contributed by atoms with Gasteiger partial charge < -0.3 is 0 Å². The molecule has 1 aromatic rings. The topological polar surface area (TPSA) is 67.5 Å². The lowest BCUT2D eigenvalue weighted by molar-refractivity contribution is -0.384. The van der Waals surface area contributed by atoms with Crippen LogP contribution in [0.3, 0.4) is 0 Å². The minimum Gasteiger partial charge on any atom is -0.279 e. The standard InChI is InChI=1S/C13H13N3O2/c17-16(18)11-6-4-10(5-7-11)14-15-13-8-9-2-1-3-12(9)13/h1-2,4-7,9,12,14H,3,8H2/b15-13+/t9-,12-/m0/s1. The molecule has 18 heavy (non-hydrogen) atoms. The fourth-order valence-electron chi connectivity index (χ4n) is 2.46. The van der Waals surface area contributed by atoms with Crippen molar-refractivity contribution >= 4 is 17.1 Å². The molecule has 2 atom stereocenters. The summed E-state index contributed by atoms with van der Waals surface area (Å²) < 4.78 is 0. The highest BCUT2D eigenvalue weighted by atomic mass is 16.6. The summed E-state index contributed by atoms with van der Waals surface area (Å²) in [5.41, 5.74) is 5.03. The molecule has 2 aliphatic rings. The number of allylic oxidation sites excluding steroid dienone is 2. The van der Waals surface area contributed by atoms with E-state index in [1.165, 1.54) is 17.8 Å². The van der Waals surface area contributed by atoms with Crippen molar-refractivity contribution in [2.75, 3.05) is 5.43 Å². The maximum atomic E-state index is 10.5. The molecular weight excluding hydrogens is 230 g/mol. The molecule has 0 bridgehead atoms. The number of nitrogens with one attached hydrogen (secondary N) is 1. The zero-order valence-electron chi connectivity index (χ0n) is 9.74. The Morgan fingerprint density at radius 3 is 2.78 bits per heavy atom. The largest absolute Gasteiger partial charge is 0.279 e. The number of non-ortho nitro benzene ring substituents is 1. The molecule has 3 rings (SSSR count). The molecule has 0 radical (unpaired) electrons. The van der Waals surface area contributed by atoms with Crippen LogP contribution in [0, 0.1) is 22.0 Å². The minimum atomic E-state index is -0.406. The molecule has 1 N–H and O–H groups in total. The van der Waals surface area contributed by atoms with Gasteiger partial charge in [-0.25, -0.2) is 0 Å². The number of benzene rings is 1. The third-order valence-electron chi connectivity index (χ3n) is 3.57. The molecule has 0 aromatic heterocycles. The lowest BCUT2D eigenvalue weighted by atomic mass is 9.74.